The van der Waals surface area contributed by atoms with Crippen LogP contribution in [0.5, 0.6) is 0 Å². The van der Waals surface area contributed by atoms with E-state index in [4.69, 9.17) is 11.6 Å². The molecule has 37 heavy (non-hydrogen) atoms. The first-order chi connectivity index (χ1) is 18.0. The highest BCUT2D eigenvalue weighted by Gasteiger charge is 2.17. The van der Waals surface area contributed by atoms with Crippen LogP contribution in [0.25, 0.3) is 22.0 Å². The van der Waals surface area contributed by atoms with Crippen LogP contribution in [0.4, 0.5) is 5.13 Å². The molecule has 0 unspecified atom stereocenters. The molecule has 0 aliphatic rings. The predicted octanol–water partition coefficient (Wildman–Crippen LogP) is 7.02. The number of rotatable bonds is 9. The number of benzene rings is 3. The van der Waals surface area contributed by atoms with Gasteiger partial charge in [-0.05, 0) is 35.4 Å². The number of hydrogen-bond acceptors (Lipinski definition) is 6. The molecule has 9 heteroatoms. The molecule has 0 saturated carbocycles. The molecule has 186 valence electrons. The third-order valence-electron chi connectivity index (χ3n) is 5.83. The van der Waals surface area contributed by atoms with Crippen LogP contribution in [0.1, 0.15) is 16.3 Å². The fourth-order valence-corrected chi connectivity index (χ4v) is 5.84. The van der Waals surface area contributed by atoms with Gasteiger partial charge in [-0.25, -0.2) is 4.98 Å². The summed E-state index contributed by atoms with van der Waals surface area (Å²) in [6, 6.07) is 22.1. The Morgan fingerprint density at radius 2 is 1.89 bits per heavy atom. The molecule has 0 atom stereocenters. The smallest absolute Gasteiger partial charge is 0.236 e. The zero-order valence-electron chi connectivity index (χ0n) is 20.1. The van der Waals surface area contributed by atoms with Gasteiger partial charge in [0.1, 0.15) is 5.82 Å². The second-order valence-electron chi connectivity index (χ2n) is 8.38. The van der Waals surface area contributed by atoms with Crippen molar-refractivity contribution in [1.29, 1.82) is 0 Å². The fourth-order valence-electron chi connectivity index (χ4n) is 4.10. The molecule has 0 spiro atoms. The Morgan fingerprint density at radius 1 is 1.11 bits per heavy atom. The minimum absolute atomic E-state index is 0.148. The number of hydrogen-bond donors (Lipinski definition) is 1. The van der Waals surface area contributed by atoms with Gasteiger partial charge in [0.2, 0.25) is 5.91 Å². The van der Waals surface area contributed by atoms with Gasteiger partial charge in [-0.2, -0.15) is 0 Å². The highest BCUT2D eigenvalue weighted by Crippen LogP contribution is 2.31. The van der Waals surface area contributed by atoms with Crippen molar-refractivity contribution in [2.75, 3.05) is 11.1 Å². The van der Waals surface area contributed by atoms with E-state index in [0.717, 1.165) is 22.0 Å². The summed E-state index contributed by atoms with van der Waals surface area (Å²) >= 11 is 8.80. The number of aryl methyl sites for hydroxylation is 1. The van der Waals surface area contributed by atoms with E-state index < -0.39 is 0 Å². The molecule has 5 rings (SSSR count). The van der Waals surface area contributed by atoms with Gasteiger partial charge in [-0.3, -0.25) is 4.79 Å². The number of nitrogens with zero attached hydrogens (tertiary/aromatic N) is 4. The van der Waals surface area contributed by atoms with Gasteiger partial charge in [0.25, 0.3) is 0 Å². The van der Waals surface area contributed by atoms with Crippen LogP contribution in [0.15, 0.2) is 84.5 Å². The Balaban J connectivity index is 1.27. The monoisotopic (exact) mass is 545 g/mol. The maximum absolute atomic E-state index is 12.7. The molecule has 0 aliphatic heterocycles. The van der Waals surface area contributed by atoms with Gasteiger partial charge in [-0.1, -0.05) is 84.0 Å². The molecule has 2 aromatic heterocycles. The van der Waals surface area contributed by atoms with Crippen LogP contribution in [0.3, 0.4) is 0 Å². The molecule has 1 amide bonds. The first-order valence-corrected chi connectivity index (χ1v) is 13.9. The van der Waals surface area contributed by atoms with Crippen molar-refractivity contribution in [3.8, 4) is 11.3 Å². The molecule has 1 N–H and O–H groups in total. The fraction of sp³-hybridized carbons (Fsp3) is 0.143. The number of aromatic nitrogens is 4. The number of fused-ring (bicyclic) bond motifs is 1. The first-order valence-electron chi connectivity index (χ1n) is 11.7. The molecular formula is C28H24ClN5OS2. The van der Waals surface area contributed by atoms with Crippen LogP contribution in [0.2, 0.25) is 5.02 Å². The van der Waals surface area contributed by atoms with Gasteiger partial charge in [0.05, 0.1) is 11.4 Å². The Kier molecular flexibility index (Phi) is 7.69. The number of allylic oxidation sites excluding steroid dienone is 1. The van der Waals surface area contributed by atoms with E-state index in [-0.39, 0.29) is 11.7 Å². The van der Waals surface area contributed by atoms with Crippen molar-refractivity contribution in [3.63, 3.8) is 0 Å². The van der Waals surface area contributed by atoms with Crippen molar-refractivity contribution >= 4 is 56.5 Å². The molecule has 0 fully saturated rings. The molecule has 2 heterocycles. The summed E-state index contributed by atoms with van der Waals surface area (Å²) in [6.07, 6.45) is 2.46. The van der Waals surface area contributed by atoms with E-state index in [1.54, 1.807) is 0 Å². The Bertz CT molecular complexity index is 1570. The molecule has 0 radical (unpaired) electrons. The average Bonchev–Trinajstić information content (AvgIpc) is 3.46. The normalized spacial score (nSPS) is 11.1. The van der Waals surface area contributed by atoms with Gasteiger partial charge in [0, 0.05) is 28.4 Å². The largest absolute Gasteiger partial charge is 0.302 e. The third kappa shape index (κ3) is 5.77. The van der Waals surface area contributed by atoms with Gasteiger partial charge >= 0.3 is 0 Å². The lowest BCUT2D eigenvalue weighted by Crippen LogP contribution is -2.14. The molecular weight excluding hydrogens is 522 g/mol. The lowest BCUT2D eigenvalue weighted by atomic mass is 10.0. The molecule has 5 aromatic rings. The standard InChI is InChI=1S/C28H24ClN5OS2/c1-3-15-34-24(16-21-9-6-8-19-7-4-5-10-23(19)21)32-33-28(34)36-17-25(35)30-27-31-26(18(2)37-27)20-11-13-22(29)14-12-20/h3-14H,1,15-17H2,2H3,(H,30,31,35). The molecule has 3 aromatic carbocycles. The summed E-state index contributed by atoms with van der Waals surface area (Å²) in [6.45, 7) is 6.44. The molecule has 0 aliphatic carbocycles. The average molecular weight is 546 g/mol. The number of nitrogens with one attached hydrogen (secondary N) is 1. The van der Waals surface area contributed by atoms with E-state index in [1.165, 1.54) is 39.4 Å². The maximum Gasteiger partial charge on any atom is 0.236 e. The van der Waals surface area contributed by atoms with Gasteiger partial charge < -0.3 is 9.88 Å². The van der Waals surface area contributed by atoms with E-state index in [2.05, 4.69) is 57.4 Å². The van der Waals surface area contributed by atoms with Crippen molar-refractivity contribution in [2.24, 2.45) is 0 Å². The van der Waals surface area contributed by atoms with Crippen LogP contribution in [-0.2, 0) is 17.8 Å². The third-order valence-corrected chi connectivity index (χ3v) is 7.93. The minimum Gasteiger partial charge on any atom is -0.302 e. The lowest BCUT2D eigenvalue weighted by molar-refractivity contribution is -0.113. The Labute approximate surface area is 228 Å². The van der Waals surface area contributed by atoms with Gasteiger partial charge in [-0.15, -0.1) is 28.1 Å². The van der Waals surface area contributed by atoms with Crippen molar-refractivity contribution in [2.45, 2.75) is 25.0 Å². The van der Waals surface area contributed by atoms with E-state index in [9.17, 15) is 4.79 Å². The predicted molar refractivity (Wildman–Crippen MR) is 154 cm³/mol. The molecule has 0 saturated heterocycles. The number of halogens is 1. The molecule has 6 nitrogen and oxygen atoms in total. The summed E-state index contributed by atoms with van der Waals surface area (Å²) in [7, 11) is 0. The Hall–Kier alpha value is -3.46. The van der Waals surface area contributed by atoms with Gasteiger partial charge in [0.15, 0.2) is 10.3 Å². The number of amides is 1. The summed E-state index contributed by atoms with van der Waals surface area (Å²) in [4.78, 5) is 18.4. The number of carbonyl (C=O) groups is 1. The number of thioether (sulfide) groups is 1. The lowest BCUT2D eigenvalue weighted by Gasteiger charge is -2.09. The van der Waals surface area contributed by atoms with Crippen LogP contribution < -0.4 is 5.32 Å². The zero-order valence-corrected chi connectivity index (χ0v) is 22.5. The van der Waals surface area contributed by atoms with E-state index >= 15 is 0 Å². The van der Waals surface area contributed by atoms with Crippen molar-refractivity contribution in [3.05, 3.63) is 101 Å². The number of carbonyl (C=O) groups excluding carboxylic acids is 1. The van der Waals surface area contributed by atoms with Crippen LogP contribution in [0, 0.1) is 6.92 Å². The summed E-state index contributed by atoms with van der Waals surface area (Å²) in [5.41, 5.74) is 2.98. The van der Waals surface area contributed by atoms with Crippen molar-refractivity contribution in [1.82, 2.24) is 19.7 Å². The van der Waals surface area contributed by atoms with E-state index in [1.807, 2.05) is 54.0 Å². The quantitative estimate of drug-likeness (QED) is 0.159. The highest BCUT2D eigenvalue weighted by atomic mass is 35.5. The second kappa shape index (κ2) is 11.3. The number of anilines is 1. The molecule has 0 bridgehead atoms. The first kappa shape index (κ1) is 25.2. The van der Waals surface area contributed by atoms with Crippen molar-refractivity contribution < 1.29 is 4.79 Å². The van der Waals surface area contributed by atoms with Crippen LogP contribution >= 0.6 is 34.7 Å². The topological polar surface area (TPSA) is 72.7 Å². The minimum atomic E-state index is -0.148. The number of thiazole rings is 1. The Morgan fingerprint density at radius 3 is 2.70 bits per heavy atom. The maximum atomic E-state index is 12.7. The van der Waals surface area contributed by atoms with Crippen LogP contribution in [-0.4, -0.2) is 31.4 Å². The zero-order chi connectivity index (χ0) is 25.8. The van der Waals surface area contributed by atoms with E-state index in [0.29, 0.717) is 28.3 Å². The summed E-state index contributed by atoms with van der Waals surface area (Å²) in [5.74, 6) is 0.880. The summed E-state index contributed by atoms with van der Waals surface area (Å²) < 4.78 is 2.01. The summed E-state index contributed by atoms with van der Waals surface area (Å²) in [5, 5.41) is 16.1. The highest BCUT2D eigenvalue weighted by molar-refractivity contribution is 7.99. The second-order valence-corrected chi connectivity index (χ2v) is 11.0. The SMILES string of the molecule is C=CCn1c(Cc2cccc3ccccc23)nnc1SCC(=O)Nc1nc(-c2ccc(Cl)cc2)c(C)s1.